The molecule has 29 heavy (non-hydrogen) atoms. The van der Waals surface area contributed by atoms with Crippen LogP contribution in [0.5, 0.6) is 0 Å². The molecular formula is C25H37N3O. The topological polar surface area (TPSA) is 61.8 Å². The van der Waals surface area contributed by atoms with Gasteiger partial charge < -0.3 is 5.11 Å². The molecule has 4 nitrogen and oxygen atoms in total. The Bertz CT molecular complexity index is 807. The van der Waals surface area contributed by atoms with Crippen LogP contribution in [-0.4, -0.2) is 20.5 Å². The van der Waals surface area contributed by atoms with E-state index in [0.29, 0.717) is 22.9 Å². The van der Waals surface area contributed by atoms with E-state index in [1.165, 1.54) is 44.9 Å². The van der Waals surface area contributed by atoms with Crippen molar-refractivity contribution in [3.63, 3.8) is 0 Å². The zero-order valence-electron chi connectivity index (χ0n) is 18.3. The van der Waals surface area contributed by atoms with Gasteiger partial charge in [0.1, 0.15) is 6.07 Å². The first kappa shape index (κ1) is 19.6. The minimum atomic E-state index is -0.420. The maximum absolute atomic E-state index is 10.6. The molecule has 0 aromatic carbocycles. The Morgan fingerprint density at radius 3 is 2.66 bits per heavy atom. The van der Waals surface area contributed by atoms with Crippen LogP contribution in [0.15, 0.2) is 12.4 Å². The molecule has 1 N–H and O–H groups in total. The zero-order chi connectivity index (χ0) is 20.4. The summed E-state index contributed by atoms with van der Waals surface area (Å²) >= 11 is 0. The van der Waals surface area contributed by atoms with Crippen molar-refractivity contribution in [1.29, 1.82) is 5.26 Å². The van der Waals surface area contributed by atoms with Crippen LogP contribution in [-0.2, 0) is 0 Å². The zero-order valence-corrected chi connectivity index (χ0v) is 18.3. The van der Waals surface area contributed by atoms with Gasteiger partial charge in [-0.2, -0.15) is 10.4 Å². The molecule has 4 saturated carbocycles. The molecule has 9 atom stereocenters. The van der Waals surface area contributed by atoms with Crippen LogP contribution < -0.4 is 0 Å². The van der Waals surface area contributed by atoms with Gasteiger partial charge in [-0.3, -0.25) is 4.68 Å². The molecule has 4 fully saturated rings. The average Bonchev–Trinajstić information content (AvgIpc) is 3.30. The average molecular weight is 396 g/mol. The summed E-state index contributed by atoms with van der Waals surface area (Å²) in [5.74, 6) is 4.91. The lowest BCUT2D eigenvalue weighted by atomic mass is 9.49. The van der Waals surface area contributed by atoms with Crippen LogP contribution in [0.4, 0.5) is 0 Å². The molecule has 0 bridgehead atoms. The van der Waals surface area contributed by atoms with Crippen molar-refractivity contribution in [3.8, 4) is 6.07 Å². The van der Waals surface area contributed by atoms with Crippen molar-refractivity contribution < 1.29 is 5.11 Å². The van der Waals surface area contributed by atoms with Crippen LogP contribution >= 0.6 is 0 Å². The van der Waals surface area contributed by atoms with E-state index in [2.05, 4.69) is 36.6 Å². The molecule has 0 aliphatic heterocycles. The largest absolute Gasteiger partial charge is 0.390 e. The number of fused-ring (bicyclic) bond motifs is 5. The molecule has 0 spiro atoms. The first-order chi connectivity index (χ1) is 13.8. The third-order valence-corrected chi connectivity index (χ3v) is 10.0. The van der Waals surface area contributed by atoms with E-state index in [9.17, 15) is 10.4 Å². The predicted octanol–water partition coefficient (Wildman–Crippen LogP) is 5.34. The van der Waals surface area contributed by atoms with Gasteiger partial charge in [-0.25, -0.2) is 0 Å². The fraction of sp³-hybridized carbons (Fsp3) is 0.840. The molecule has 1 unspecified atom stereocenters. The van der Waals surface area contributed by atoms with Gasteiger partial charge in [0.2, 0.25) is 0 Å². The third-order valence-electron chi connectivity index (χ3n) is 10.0. The van der Waals surface area contributed by atoms with E-state index >= 15 is 0 Å². The highest BCUT2D eigenvalue weighted by molar-refractivity contribution is 5.22. The van der Waals surface area contributed by atoms with E-state index < -0.39 is 5.60 Å². The van der Waals surface area contributed by atoms with Gasteiger partial charge in [0.15, 0.2) is 0 Å². The summed E-state index contributed by atoms with van der Waals surface area (Å²) in [6.07, 6.45) is 15.0. The molecule has 4 heteroatoms. The van der Waals surface area contributed by atoms with E-state index in [-0.39, 0.29) is 0 Å². The quantitative estimate of drug-likeness (QED) is 0.735. The standard InChI is InChI=1S/C25H37N3O/c1-16(28-15-17(13-26)14-27-28)22-6-7-23-21-5-4-18-12-24(2,29)10-8-19(18)20(21)9-11-25(22,23)3/h14-16,18-23,29H,4-12H2,1-3H3/t16-,18-,19+,20-,21-,22?,23+,24-,25-/m1/s1. The molecule has 4 aliphatic rings. The van der Waals surface area contributed by atoms with Crippen LogP contribution in [0.2, 0.25) is 0 Å². The molecule has 158 valence electrons. The number of aliphatic hydroxyl groups is 1. The van der Waals surface area contributed by atoms with Crippen LogP contribution in [0, 0.1) is 52.3 Å². The lowest BCUT2D eigenvalue weighted by molar-refractivity contribution is -0.102. The number of rotatable bonds is 2. The molecule has 4 aliphatic carbocycles. The smallest absolute Gasteiger partial charge is 0.102 e. The number of aromatic nitrogens is 2. The Morgan fingerprint density at radius 1 is 1.10 bits per heavy atom. The summed E-state index contributed by atoms with van der Waals surface area (Å²) in [4.78, 5) is 0. The first-order valence-electron chi connectivity index (χ1n) is 12.0. The van der Waals surface area contributed by atoms with Gasteiger partial charge in [-0.05, 0) is 113 Å². The summed E-state index contributed by atoms with van der Waals surface area (Å²) < 4.78 is 2.06. The number of hydrogen-bond donors (Lipinski definition) is 1. The molecule has 1 heterocycles. The summed E-state index contributed by atoms with van der Waals surface area (Å²) in [6, 6.07) is 2.59. The van der Waals surface area contributed by atoms with Crippen molar-refractivity contribution in [2.45, 2.75) is 90.2 Å². The molecular weight excluding hydrogens is 358 g/mol. The monoisotopic (exact) mass is 395 g/mol. The fourth-order valence-corrected chi connectivity index (χ4v) is 8.72. The second-order valence-electron chi connectivity index (χ2n) is 11.5. The second kappa shape index (κ2) is 6.84. The van der Waals surface area contributed by atoms with Crippen LogP contribution in [0.3, 0.4) is 0 Å². The van der Waals surface area contributed by atoms with E-state index in [1.54, 1.807) is 6.20 Å². The van der Waals surface area contributed by atoms with Crippen LogP contribution in [0.1, 0.15) is 90.2 Å². The highest BCUT2D eigenvalue weighted by atomic mass is 16.3. The number of hydrogen-bond acceptors (Lipinski definition) is 3. The summed E-state index contributed by atoms with van der Waals surface area (Å²) in [6.45, 7) is 6.95. The Morgan fingerprint density at radius 2 is 1.90 bits per heavy atom. The number of nitrogens with zero attached hydrogens (tertiary/aromatic N) is 3. The minimum Gasteiger partial charge on any atom is -0.390 e. The summed E-state index contributed by atoms with van der Waals surface area (Å²) in [7, 11) is 0. The first-order valence-corrected chi connectivity index (χ1v) is 12.0. The number of nitriles is 1. The molecule has 0 amide bonds. The SMILES string of the molecule is C[C@H](C1CC[C@H]2[C@@H]3CC[C@@H]4C[C@](C)(O)CC[C@@H]4[C@H]3CC[C@]12C)n1cc(C#N)cn1. The second-order valence-corrected chi connectivity index (χ2v) is 11.5. The van der Waals surface area contributed by atoms with E-state index in [4.69, 9.17) is 0 Å². The minimum absolute atomic E-state index is 0.366. The molecule has 1 aromatic rings. The van der Waals surface area contributed by atoms with Gasteiger partial charge in [-0.1, -0.05) is 6.92 Å². The van der Waals surface area contributed by atoms with Gasteiger partial charge in [0.25, 0.3) is 0 Å². The normalized spacial score (nSPS) is 47.6. The van der Waals surface area contributed by atoms with E-state index in [0.717, 1.165) is 42.4 Å². The summed E-state index contributed by atoms with van der Waals surface area (Å²) in [5, 5.41) is 24.3. The maximum Gasteiger partial charge on any atom is 0.102 e. The Balaban J connectivity index is 1.35. The van der Waals surface area contributed by atoms with Crippen molar-refractivity contribution in [1.82, 2.24) is 9.78 Å². The molecule has 1 aromatic heterocycles. The van der Waals surface area contributed by atoms with Crippen molar-refractivity contribution in [2.24, 2.45) is 40.9 Å². The van der Waals surface area contributed by atoms with Gasteiger partial charge in [-0.15, -0.1) is 0 Å². The lowest BCUT2D eigenvalue weighted by Gasteiger charge is -2.57. The van der Waals surface area contributed by atoms with Crippen LogP contribution in [0.25, 0.3) is 0 Å². The molecule has 0 saturated heterocycles. The van der Waals surface area contributed by atoms with Crippen molar-refractivity contribution >= 4 is 0 Å². The Kier molecular flexibility index (Phi) is 4.63. The Hall–Kier alpha value is -1.34. The molecule has 0 radical (unpaired) electrons. The lowest BCUT2D eigenvalue weighted by Crippen LogP contribution is -2.50. The van der Waals surface area contributed by atoms with Crippen molar-refractivity contribution in [2.75, 3.05) is 0 Å². The summed E-state index contributed by atoms with van der Waals surface area (Å²) in [5.41, 5.74) is 0.662. The van der Waals surface area contributed by atoms with Gasteiger partial charge in [0.05, 0.1) is 23.4 Å². The highest BCUT2D eigenvalue weighted by Crippen LogP contribution is 2.66. The maximum atomic E-state index is 10.6. The van der Waals surface area contributed by atoms with E-state index in [1.807, 2.05) is 6.20 Å². The molecule has 5 rings (SSSR count). The fourth-order valence-electron chi connectivity index (χ4n) is 8.72. The Labute approximate surface area is 175 Å². The van der Waals surface area contributed by atoms with Gasteiger partial charge >= 0.3 is 0 Å². The third kappa shape index (κ3) is 3.07. The van der Waals surface area contributed by atoms with Gasteiger partial charge in [0, 0.05) is 6.20 Å². The predicted molar refractivity (Wildman–Crippen MR) is 113 cm³/mol. The van der Waals surface area contributed by atoms with Crippen molar-refractivity contribution in [3.05, 3.63) is 18.0 Å². The highest BCUT2D eigenvalue weighted by Gasteiger charge is 2.58.